The van der Waals surface area contributed by atoms with Crippen molar-refractivity contribution in [3.8, 4) is 0 Å². The molecule has 0 radical (unpaired) electrons. The number of hydrogen-bond donors (Lipinski definition) is 1. The van der Waals surface area contributed by atoms with E-state index in [0.29, 0.717) is 5.92 Å². The number of nitrogens with zero attached hydrogens (tertiary/aromatic N) is 2. The van der Waals surface area contributed by atoms with Crippen LogP contribution in [0.1, 0.15) is 45.3 Å². The van der Waals surface area contributed by atoms with E-state index < -0.39 is 0 Å². The number of anilines is 1. The average molecular weight is 363 g/mol. The summed E-state index contributed by atoms with van der Waals surface area (Å²) in [4.78, 5) is 9.25. The second-order valence-electron chi connectivity index (χ2n) is 4.48. The summed E-state index contributed by atoms with van der Waals surface area (Å²) in [7, 11) is 1.71. The standard InChI is InChI=1S/C13H22IN3O/c1-6-9-10(14)12(15-7-2)17-13(16-9)11(18-5)8(3)4/h8,11H,6-7H2,1-5H3,(H,15,16,17). The number of hydrogen-bond acceptors (Lipinski definition) is 4. The number of nitrogens with one attached hydrogen (secondary N) is 1. The SMILES string of the molecule is CCNc1nc(C(OC)C(C)C)nc(CC)c1I. The van der Waals surface area contributed by atoms with Gasteiger partial charge in [0.1, 0.15) is 11.9 Å². The van der Waals surface area contributed by atoms with Crippen molar-refractivity contribution in [2.75, 3.05) is 19.0 Å². The van der Waals surface area contributed by atoms with E-state index in [1.54, 1.807) is 7.11 Å². The van der Waals surface area contributed by atoms with Crippen LogP contribution in [-0.4, -0.2) is 23.6 Å². The van der Waals surface area contributed by atoms with Crippen molar-refractivity contribution in [1.29, 1.82) is 0 Å². The molecule has 102 valence electrons. The van der Waals surface area contributed by atoms with Crippen LogP contribution in [-0.2, 0) is 11.2 Å². The van der Waals surface area contributed by atoms with Crippen LogP contribution in [0.15, 0.2) is 0 Å². The Labute approximate surface area is 123 Å². The monoisotopic (exact) mass is 363 g/mol. The lowest BCUT2D eigenvalue weighted by molar-refractivity contribution is 0.0573. The number of halogens is 1. The number of aryl methyl sites for hydroxylation is 1. The molecule has 1 N–H and O–H groups in total. The topological polar surface area (TPSA) is 47.0 Å². The molecule has 18 heavy (non-hydrogen) atoms. The predicted molar refractivity (Wildman–Crippen MR) is 82.9 cm³/mol. The molecule has 0 aliphatic heterocycles. The minimum absolute atomic E-state index is 0.0512. The van der Waals surface area contributed by atoms with Crippen molar-refractivity contribution in [3.63, 3.8) is 0 Å². The van der Waals surface area contributed by atoms with E-state index in [9.17, 15) is 0 Å². The molecule has 1 aromatic rings. The smallest absolute Gasteiger partial charge is 0.160 e. The molecule has 0 saturated heterocycles. The third kappa shape index (κ3) is 3.54. The maximum Gasteiger partial charge on any atom is 0.160 e. The van der Waals surface area contributed by atoms with Gasteiger partial charge in [-0.25, -0.2) is 9.97 Å². The zero-order valence-electron chi connectivity index (χ0n) is 11.7. The highest BCUT2D eigenvalue weighted by Gasteiger charge is 2.21. The fourth-order valence-electron chi connectivity index (χ4n) is 1.83. The van der Waals surface area contributed by atoms with E-state index in [1.165, 1.54) is 0 Å². The first-order chi connectivity index (χ1) is 8.54. The number of aromatic nitrogens is 2. The van der Waals surface area contributed by atoms with Crippen molar-refractivity contribution in [3.05, 3.63) is 15.1 Å². The second kappa shape index (κ2) is 7.23. The average Bonchev–Trinajstić information content (AvgIpc) is 2.33. The molecule has 0 fully saturated rings. The van der Waals surface area contributed by atoms with Gasteiger partial charge in [0.25, 0.3) is 0 Å². The molecule has 1 atom stereocenters. The summed E-state index contributed by atoms with van der Waals surface area (Å²) in [5.74, 6) is 2.05. The Bertz CT molecular complexity index is 396. The molecule has 1 heterocycles. The molecule has 0 saturated carbocycles. The number of methoxy groups -OCH3 is 1. The van der Waals surface area contributed by atoms with E-state index >= 15 is 0 Å². The number of rotatable bonds is 6. The van der Waals surface area contributed by atoms with E-state index in [0.717, 1.165) is 33.9 Å². The Kier molecular flexibility index (Phi) is 6.28. The molecule has 0 aliphatic rings. The van der Waals surface area contributed by atoms with Gasteiger partial charge in [-0.05, 0) is 41.9 Å². The summed E-state index contributed by atoms with van der Waals surface area (Å²) in [6.07, 6.45) is 0.852. The number of ether oxygens (including phenoxy) is 1. The van der Waals surface area contributed by atoms with Crippen LogP contribution in [0.25, 0.3) is 0 Å². The highest BCUT2D eigenvalue weighted by Crippen LogP contribution is 2.27. The molecule has 0 bridgehead atoms. The normalized spacial score (nSPS) is 12.8. The zero-order chi connectivity index (χ0) is 13.7. The van der Waals surface area contributed by atoms with Gasteiger partial charge in [-0.1, -0.05) is 20.8 Å². The molecule has 0 aromatic carbocycles. The van der Waals surface area contributed by atoms with E-state index in [1.807, 2.05) is 0 Å². The first-order valence-electron chi connectivity index (χ1n) is 6.38. The third-order valence-corrected chi connectivity index (χ3v) is 3.86. The lowest BCUT2D eigenvalue weighted by Gasteiger charge is -2.20. The molecule has 1 aromatic heterocycles. The first-order valence-corrected chi connectivity index (χ1v) is 7.45. The quantitative estimate of drug-likeness (QED) is 0.787. The summed E-state index contributed by atoms with van der Waals surface area (Å²) in [5, 5.41) is 3.29. The van der Waals surface area contributed by atoms with Crippen molar-refractivity contribution in [2.24, 2.45) is 5.92 Å². The Hall–Kier alpha value is -0.430. The Morgan fingerprint density at radius 1 is 1.28 bits per heavy atom. The van der Waals surface area contributed by atoms with E-state index in [-0.39, 0.29) is 6.10 Å². The molecule has 0 aliphatic carbocycles. The van der Waals surface area contributed by atoms with E-state index in [4.69, 9.17) is 4.74 Å². The molecular formula is C13H22IN3O. The lowest BCUT2D eigenvalue weighted by atomic mass is 10.1. The van der Waals surface area contributed by atoms with E-state index in [2.05, 4.69) is 65.6 Å². The van der Waals surface area contributed by atoms with Gasteiger partial charge >= 0.3 is 0 Å². The molecule has 5 heteroatoms. The molecule has 1 unspecified atom stereocenters. The van der Waals surface area contributed by atoms with Gasteiger partial charge in [-0.2, -0.15) is 0 Å². The fraction of sp³-hybridized carbons (Fsp3) is 0.692. The fourth-order valence-corrected chi connectivity index (χ4v) is 2.65. The van der Waals surface area contributed by atoms with Gasteiger partial charge in [0.05, 0.1) is 9.26 Å². The van der Waals surface area contributed by atoms with Gasteiger partial charge in [0, 0.05) is 13.7 Å². The van der Waals surface area contributed by atoms with Crippen molar-refractivity contribution < 1.29 is 4.74 Å². The van der Waals surface area contributed by atoms with Crippen LogP contribution < -0.4 is 5.32 Å². The Morgan fingerprint density at radius 3 is 2.39 bits per heavy atom. The second-order valence-corrected chi connectivity index (χ2v) is 5.55. The molecule has 1 rings (SSSR count). The van der Waals surface area contributed by atoms with Gasteiger partial charge in [0.15, 0.2) is 5.82 Å². The van der Waals surface area contributed by atoms with Crippen molar-refractivity contribution in [1.82, 2.24) is 9.97 Å². The lowest BCUT2D eigenvalue weighted by Crippen LogP contribution is -2.17. The highest BCUT2D eigenvalue weighted by molar-refractivity contribution is 14.1. The minimum Gasteiger partial charge on any atom is -0.373 e. The molecule has 4 nitrogen and oxygen atoms in total. The predicted octanol–water partition coefficient (Wildman–Crippen LogP) is 3.42. The van der Waals surface area contributed by atoms with Crippen molar-refractivity contribution >= 4 is 28.4 Å². The molecule has 0 spiro atoms. The van der Waals surface area contributed by atoms with Gasteiger partial charge < -0.3 is 10.1 Å². The van der Waals surface area contributed by atoms with Crippen molar-refractivity contribution in [2.45, 2.75) is 40.2 Å². The minimum atomic E-state index is -0.0512. The first kappa shape index (κ1) is 15.6. The van der Waals surface area contributed by atoms with Crippen LogP contribution >= 0.6 is 22.6 Å². The largest absolute Gasteiger partial charge is 0.373 e. The third-order valence-electron chi connectivity index (χ3n) is 2.73. The van der Waals surface area contributed by atoms with Gasteiger partial charge in [-0.15, -0.1) is 0 Å². The van der Waals surface area contributed by atoms with Gasteiger partial charge in [-0.3, -0.25) is 0 Å². The maximum atomic E-state index is 5.52. The summed E-state index contributed by atoms with van der Waals surface area (Å²) in [6.45, 7) is 9.28. The van der Waals surface area contributed by atoms with Crippen LogP contribution in [0, 0.1) is 9.49 Å². The van der Waals surface area contributed by atoms with Crippen LogP contribution in [0.5, 0.6) is 0 Å². The van der Waals surface area contributed by atoms with Crippen LogP contribution in [0.4, 0.5) is 5.82 Å². The molecule has 0 amide bonds. The van der Waals surface area contributed by atoms with Gasteiger partial charge in [0.2, 0.25) is 0 Å². The highest BCUT2D eigenvalue weighted by atomic mass is 127. The molecular weight excluding hydrogens is 341 g/mol. The van der Waals surface area contributed by atoms with Crippen LogP contribution in [0.3, 0.4) is 0 Å². The Morgan fingerprint density at radius 2 is 1.94 bits per heavy atom. The van der Waals surface area contributed by atoms with Crippen LogP contribution in [0.2, 0.25) is 0 Å². The summed E-state index contributed by atoms with van der Waals surface area (Å²) >= 11 is 2.31. The zero-order valence-corrected chi connectivity index (χ0v) is 13.9. The summed E-state index contributed by atoms with van der Waals surface area (Å²) in [5.41, 5.74) is 1.08. The Balaban J connectivity index is 3.23. The summed E-state index contributed by atoms with van der Waals surface area (Å²) < 4.78 is 6.63. The maximum absolute atomic E-state index is 5.52. The summed E-state index contributed by atoms with van der Waals surface area (Å²) in [6, 6.07) is 0.